The number of carbonyl (C=O) groups is 2. The zero-order chi connectivity index (χ0) is 19.1. The molecule has 1 aromatic rings. The van der Waals surface area contributed by atoms with Crippen molar-refractivity contribution in [2.45, 2.75) is 59.1 Å². The highest BCUT2D eigenvalue weighted by Crippen LogP contribution is 2.17. The monoisotopic (exact) mass is 360 g/mol. The third-order valence-corrected chi connectivity index (χ3v) is 4.86. The summed E-state index contributed by atoms with van der Waals surface area (Å²) in [5.41, 5.74) is 1.54. The fourth-order valence-corrected chi connectivity index (χ4v) is 3.46. The molecule has 1 N–H and O–H groups in total. The largest absolute Gasteiger partial charge is 0.378 e. The van der Waals surface area contributed by atoms with Crippen molar-refractivity contribution in [1.29, 1.82) is 0 Å². The number of nitrogens with zero attached hydrogens (tertiary/aromatic N) is 1. The first-order chi connectivity index (χ1) is 12.4. The van der Waals surface area contributed by atoms with Crippen molar-refractivity contribution >= 4 is 11.8 Å². The molecule has 1 fully saturated rings. The first-order valence-corrected chi connectivity index (χ1v) is 9.69. The quantitative estimate of drug-likeness (QED) is 0.812. The lowest BCUT2D eigenvalue weighted by Crippen LogP contribution is -2.52. The van der Waals surface area contributed by atoms with E-state index in [0.717, 1.165) is 18.4 Å². The summed E-state index contributed by atoms with van der Waals surface area (Å²) in [6.45, 7) is 10.1. The summed E-state index contributed by atoms with van der Waals surface area (Å²) in [4.78, 5) is 27.6. The summed E-state index contributed by atoms with van der Waals surface area (Å²) >= 11 is 0. The Balaban J connectivity index is 2.03. The number of nitrogens with one attached hydrogen (secondary N) is 1. The summed E-state index contributed by atoms with van der Waals surface area (Å²) in [6, 6.07) is 6.98. The molecule has 5 nitrogen and oxygen atoms in total. The molecule has 0 bridgehead atoms. The molecule has 1 atom stereocenters. The number of piperidine rings is 1. The average molecular weight is 360 g/mol. The smallest absolute Gasteiger partial charge is 0.252 e. The Morgan fingerprint density at radius 2 is 1.88 bits per heavy atom. The molecular weight excluding hydrogens is 328 g/mol. The molecular formula is C21H32N2O3. The normalized spacial score (nSPS) is 16.6. The molecule has 0 aromatic heterocycles. The van der Waals surface area contributed by atoms with Crippen LogP contribution in [0.15, 0.2) is 24.3 Å². The van der Waals surface area contributed by atoms with Gasteiger partial charge in [-0.2, -0.15) is 0 Å². The summed E-state index contributed by atoms with van der Waals surface area (Å²) in [5, 5.41) is 2.98. The predicted octanol–water partition coefficient (Wildman–Crippen LogP) is 3.17. The van der Waals surface area contributed by atoms with E-state index in [1.807, 2.05) is 36.9 Å². The molecule has 1 aliphatic rings. The van der Waals surface area contributed by atoms with Crippen molar-refractivity contribution in [3.63, 3.8) is 0 Å². The lowest BCUT2D eigenvalue weighted by Gasteiger charge is -2.34. The number of hydrogen-bond donors (Lipinski definition) is 1. The highest BCUT2D eigenvalue weighted by atomic mass is 16.5. The molecule has 0 aliphatic carbocycles. The summed E-state index contributed by atoms with van der Waals surface area (Å²) < 4.78 is 5.66. The minimum Gasteiger partial charge on any atom is -0.378 e. The van der Waals surface area contributed by atoms with Gasteiger partial charge < -0.3 is 15.0 Å². The summed E-state index contributed by atoms with van der Waals surface area (Å²) in [5.74, 6) is 0.170. The Bertz CT molecular complexity index is 607. The maximum atomic E-state index is 13.0. The molecule has 0 spiro atoms. The number of hydrogen-bond acceptors (Lipinski definition) is 3. The van der Waals surface area contributed by atoms with Gasteiger partial charge in [-0.25, -0.2) is 0 Å². The second-order valence-electron chi connectivity index (χ2n) is 7.45. The van der Waals surface area contributed by atoms with Crippen LogP contribution in [0.1, 0.15) is 56.0 Å². The average Bonchev–Trinajstić information content (AvgIpc) is 2.61. The number of ether oxygens (including phenoxy) is 1. The van der Waals surface area contributed by atoms with Crippen LogP contribution in [-0.4, -0.2) is 48.6 Å². The Morgan fingerprint density at radius 1 is 1.23 bits per heavy atom. The first kappa shape index (κ1) is 20.4. The van der Waals surface area contributed by atoms with Gasteiger partial charge in [-0.15, -0.1) is 0 Å². The highest BCUT2D eigenvalue weighted by molar-refractivity contribution is 5.98. The number of likely N-dealkylation sites (tertiary alicyclic amines) is 1. The van der Waals surface area contributed by atoms with Gasteiger partial charge >= 0.3 is 0 Å². The fourth-order valence-electron chi connectivity index (χ4n) is 3.46. The van der Waals surface area contributed by atoms with Gasteiger partial charge in [-0.05, 0) is 50.7 Å². The number of rotatable bonds is 7. The molecule has 5 heteroatoms. The molecule has 0 radical (unpaired) electrons. The number of carbonyl (C=O) groups excluding carboxylic acids is 2. The minimum atomic E-state index is -0.481. The molecule has 1 unspecified atom stereocenters. The van der Waals surface area contributed by atoms with Gasteiger partial charge in [-0.3, -0.25) is 9.59 Å². The number of amides is 2. The van der Waals surface area contributed by atoms with Crippen molar-refractivity contribution < 1.29 is 14.3 Å². The zero-order valence-corrected chi connectivity index (χ0v) is 16.5. The molecule has 1 aliphatic heterocycles. The second-order valence-corrected chi connectivity index (χ2v) is 7.45. The van der Waals surface area contributed by atoms with Crippen molar-refractivity contribution in [3.8, 4) is 0 Å². The number of benzene rings is 1. The van der Waals surface area contributed by atoms with Crippen molar-refractivity contribution in [3.05, 3.63) is 35.4 Å². The molecule has 1 aromatic carbocycles. The van der Waals surface area contributed by atoms with E-state index in [4.69, 9.17) is 4.74 Å². The molecule has 0 saturated carbocycles. The van der Waals surface area contributed by atoms with Crippen LogP contribution >= 0.6 is 0 Å². The lowest BCUT2D eigenvalue weighted by atomic mass is 9.99. The molecule has 26 heavy (non-hydrogen) atoms. The van der Waals surface area contributed by atoms with Crippen molar-refractivity contribution in [2.24, 2.45) is 5.92 Å². The van der Waals surface area contributed by atoms with Crippen LogP contribution in [-0.2, 0) is 9.53 Å². The summed E-state index contributed by atoms with van der Waals surface area (Å²) in [7, 11) is 0. The fraction of sp³-hybridized carbons (Fsp3) is 0.619. The maximum Gasteiger partial charge on any atom is 0.252 e. The standard InChI is InChI=1S/C21H32N2O3/c1-5-26-17-10-12-23(13-11-17)21(25)19(14-15(2)3)22-20(24)18-9-7-6-8-16(18)4/h6-9,15,17,19H,5,10-14H2,1-4H3,(H,22,24). The Labute approximate surface area is 157 Å². The summed E-state index contributed by atoms with van der Waals surface area (Å²) in [6.07, 6.45) is 2.61. The van der Waals surface area contributed by atoms with E-state index in [1.165, 1.54) is 0 Å². The van der Waals surface area contributed by atoms with E-state index < -0.39 is 6.04 Å². The van der Waals surface area contributed by atoms with Gasteiger partial charge in [0.25, 0.3) is 5.91 Å². The van der Waals surface area contributed by atoms with Crippen molar-refractivity contribution in [2.75, 3.05) is 19.7 Å². The molecule has 1 heterocycles. The maximum absolute atomic E-state index is 13.0. The van der Waals surface area contributed by atoms with Crippen LogP contribution in [0.25, 0.3) is 0 Å². The SMILES string of the molecule is CCOC1CCN(C(=O)C(CC(C)C)NC(=O)c2ccccc2C)CC1. The van der Waals surface area contributed by atoms with E-state index >= 15 is 0 Å². The zero-order valence-electron chi connectivity index (χ0n) is 16.5. The van der Waals surface area contributed by atoms with Gasteiger partial charge in [0.05, 0.1) is 6.10 Å². The predicted molar refractivity (Wildman–Crippen MR) is 103 cm³/mol. The van der Waals surface area contributed by atoms with E-state index in [1.54, 1.807) is 6.07 Å². The van der Waals surface area contributed by atoms with Gasteiger partial charge in [0, 0.05) is 25.3 Å². The van der Waals surface area contributed by atoms with Crippen LogP contribution in [0, 0.1) is 12.8 Å². The Morgan fingerprint density at radius 3 is 2.46 bits per heavy atom. The Kier molecular flexibility index (Phi) is 7.64. The molecule has 1 saturated heterocycles. The number of aryl methyl sites for hydroxylation is 1. The van der Waals surface area contributed by atoms with E-state index in [0.29, 0.717) is 37.6 Å². The third kappa shape index (κ3) is 5.56. The van der Waals surface area contributed by atoms with E-state index in [2.05, 4.69) is 19.2 Å². The van der Waals surface area contributed by atoms with Gasteiger partial charge in [0.15, 0.2) is 0 Å². The second kappa shape index (κ2) is 9.72. The van der Waals surface area contributed by atoms with Crippen LogP contribution in [0.4, 0.5) is 0 Å². The highest BCUT2D eigenvalue weighted by Gasteiger charge is 2.30. The first-order valence-electron chi connectivity index (χ1n) is 9.69. The molecule has 2 rings (SSSR count). The Hall–Kier alpha value is -1.88. The van der Waals surface area contributed by atoms with Gasteiger partial charge in [0.2, 0.25) is 5.91 Å². The third-order valence-electron chi connectivity index (χ3n) is 4.86. The lowest BCUT2D eigenvalue weighted by molar-refractivity contribution is -0.136. The van der Waals surface area contributed by atoms with Crippen LogP contribution in [0.2, 0.25) is 0 Å². The van der Waals surface area contributed by atoms with Crippen LogP contribution < -0.4 is 5.32 Å². The van der Waals surface area contributed by atoms with Crippen molar-refractivity contribution in [1.82, 2.24) is 10.2 Å². The van der Waals surface area contributed by atoms with Gasteiger partial charge in [-0.1, -0.05) is 32.0 Å². The van der Waals surface area contributed by atoms with Crippen LogP contribution in [0.3, 0.4) is 0 Å². The molecule has 2 amide bonds. The topological polar surface area (TPSA) is 58.6 Å². The van der Waals surface area contributed by atoms with Crippen LogP contribution in [0.5, 0.6) is 0 Å². The van der Waals surface area contributed by atoms with Gasteiger partial charge in [0.1, 0.15) is 6.04 Å². The minimum absolute atomic E-state index is 0.0237. The molecule has 144 valence electrons. The van der Waals surface area contributed by atoms with E-state index in [-0.39, 0.29) is 17.9 Å². The van der Waals surface area contributed by atoms with E-state index in [9.17, 15) is 9.59 Å².